The molecule has 1 aromatic rings. The van der Waals surface area contributed by atoms with Crippen molar-refractivity contribution in [2.24, 2.45) is 0 Å². The Labute approximate surface area is 90.6 Å². The van der Waals surface area contributed by atoms with Crippen molar-refractivity contribution in [3.05, 3.63) is 41.0 Å². The summed E-state index contributed by atoms with van der Waals surface area (Å²) in [6, 6.07) is 3.71. The molecule has 0 saturated heterocycles. The highest BCUT2D eigenvalue weighted by Crippen LogP contribution is 2.24. The number of rotatable bonds is 3. The second-order valence-electron chi connectivity index (χ2n) is 3.51. The standard InChI is InChI=1S/C13H16O2/c1-5-6-12(14)11-7-9(2)13(15-4)10(3)8-11/h5-8H,1-4H3/b6-5+. The fourth-order valence-electron chi connectivity index (χ4n) is 1.66. The molecule has 0 aliphatic rings. The third-order valence-electron chi connectivity index (χ3n) is 2.27. The zero-order chi connectivity index (χ0) is 11.4. The highest BCUT2D eigenvalue weighted by atomic mass is 16.5. The van der Waals surface area contributed by atoms with Crippen molar-refractivity contribution in [2.45, 2.75) is 20.8 Å². The van der Waals surface area contributed by atoms with Crippen molar-refractivity contribution in [1.82, 2.24) is 0 Å². The number of ketones is 1. The van der Waals surface area contributed by atoms with Gasteiger partial charge in [0.05, 0.1) is 7.11 Å². The lowest BCUT2D eigenvalue weighted by Crippen LogP contribution is -1.98. The number of carbonyl (C=O) groups excluding carboxylic acids is 1. The van der Waals surface area contributed by atoms with Gasteiger partial charge in [0.2, 0.25) is 0 Å². The summed E-state index contributed by atoms with van der Waals surface area (Å²) in [6.45, 7) is 5.72. The Kier molecular flexibility index (Phi) is 3.67. The summed E-state index contributed by atoms with van der Waals surface area (Å²) in [5.41, 5.74) is 2.69. The van der Waals surface area contributed by atoms with Crippen LogP contribution in [0, 0.1) is 13.8 Å². The topological polar surface area (TPSA) is 26.3 Å². The van der Waals surface area contributed by atoms with Gasteiger partial charge in [-0.05, 0) is 50.1 Å². The second-order valence-corrected chi connectivity index (χ2v) is 3.51. The third-order valence-corrected chi connectivity index (χ3v) is 2.27. The molecule has 1 aromatic carbocycles. The monoisotopic (exact) mass is 204 g/mol. The van der Waals surface area contributed by atoms with Gasteiger partial charge in [0.15, 0.2) is 5.78 Å². The van der Waals surface area contributed by atoms with Crippen molar-refractivity contribution in [2.75, 3.05) is 7.11 Å². The predicted octanol–water partition coefficient (Wildman–Crippen LogP) is 3.07. The first kappa shape index (κ1) is 11.5. The molecule has 1 rings (SSSR count). The molecule has 0 unspecified atom stereocenters. The van der Waals surface area contributed by atoms with E-state index in [1.807, 2.05) is 32.9 Å². The molecule has 0 heterocycles. The van der Waals surface area contributed by atoms with Crippen LogP contribution in [-0.2, 0) is 0 Å². The second kappa shape index (κ2) is 4.78. The minimum absolute atomic E-state index is 0.0337. The molecular formula is C13H16O2. The van der Waals surface area contributed by atoms with Crippen molar-refractivity contribution in [1.29, 1.82) is 0 Å². The van der Waals surface area contributed by atoms with Gasteiger partial charge in [0.25, 0.3) is 0 Å². The van der Waals surface area contributed by atoms with Crippen molar-refractivity contribution in [3.63, 3.8) is 0 Å². The lowest BCUT2D eigenvalue weighted by Gasteiger charge is -2.09. The van der Waals surface area contributed by atoms with Crippen LogP contribution in [0.1, 0.15) is 28.4 Å². The van der Waals surface area contributed by atoms with Crippen molar-refractivity contribution in [3.8, 4) is 5.75 Å². The van der Waals surface area contributed by atoms with Crippen LogP contribution in [0.15, 0.2) is 24.3 Å². The van der Waals surface area contributed by atoms with Crippen LogP contribution in [0.2, 0.25) is 0 Å². The van der Waals surface area contributed by atoms with E-state index in [2.05, 4.69) is 0 Å². The Morgan fingerprint density at radius 3 is 2.20 bits per heavy atom. The van der Waals surface area contributed by atoms with Gasteiger partial charge in [-0.15, -0.1) is 0 Å². The molecule has 80 valence electrons. The Morgan fingerprint density at radius 2 is 1.80 bits per heavy atom. The maximum atomic E-state index is 11.6. The van der Waals surface area contributed by atoms with Crippen LogP contribution in [0.25, 0.3) is 0 Å². The molecule has 0 atom stereocenters. The van der Waals surface area contributed by atoms with E-state index in [0.717, 1.165) is 16.9 Å². The normalized spacial score (nSPS) is 10.7. The first-order valence-electron chi connectivity index (χ1n) is 4.92. The van der Waals surface area contributed by atoms with Crippen LogP contribution in [0.3, 0.4) is 0 Å². The Hall–Kier alpha value is -1.57. The maximum Gasteiger partial charge on any atom is 0.185 e. The molecule has 0 aliphatic carbocycles. The summed E-state index contributed by atoms with van der Waals surface area (Å²) in [7, 11) is 1.64. The van der Waals surface area contributed by atoms with Crippen molar-refractivity contribution < 1.29 is 9.53 Å². The fraction of sp³-hybridized carbons (Fsp3) is 0.308. The van der Waals surface area contributed by atoms with Crippen LogP contribution in [0.5, 0.6) is 5.75 Å². The smallest absolute Gasteiger partial charge is 0.185 e. The van der Waals surface area contributed by atoms with Crippen LogP contribution in [-0.4, -0.2) is 12.9 Å². The number of aryl methyl sites for hydroxylation is 2. The fourth-order valence-corrected chi connectivity index (χ4v) is 1.66. The number of methoxy groups -OCH3 is 1. The molecule has 0 saturated carbocycles. The molecule has 2 nitrogen and oxygen atoms in total. The first-order valence-corrected chi connectivity index (χ1v) is 4.92. The van der Waals surface area contributed by atoms with Gasteiger partial charge in [-0.2, -0.15) is 0 Å². The Balaban J connectivity index is 3.19. The summed E-state index contributed by atoms with van der Waals surface area (Å²) in [6.07, 6.45) is 3.32. The number of carbonyl (C=O) groups is 1. The first-order chi connectivity index (χ1) is 7.10. The zero-order valence-corrected chi connectivity index (χ0v) is 9.63. The number of ether oxygens (including phenoxy) is 1. The molecule has 0 bridgehead atoms. The predicted molar refractivity (Wildman–Crippen MR) is 61.6 cm³/mol. The van der Waals surface area contributed by atoms with Crippen LogP contribution in [0.4, 0.5) is 0 Å². The molecule has 0 fully saturated rings. The highest BCUT2D eigenvalue weighted by Gasteiger charge is 2.08. The van der Waals surface area contributed by atoms with Gasteiger partial charge in [0, 0.05) is 5.56 Å². The van der Waals surface area contributed by atoms with E-state index >= 15 is 0 Å². The minimum Gasteiger partial charge on any atom is -0.496 e. The summed E-state index contributed by atoms with van der Waals surface area (Å²) in [5, 5.41) is 0. The zero-order valence-electron chi connectivity index (χ0n) is 9.63. The summed E-state index contributed by atoms with van der Waals surface area (Å²) in [5.74, 6) is 0.887. The van der Waals surface area contributed by atoms with E-state index < -0.39 is 0 Å². The van der Waals surface area contributed by atoms with E-state index in [-0.39, 0.29) is 5.78 Å². The van der Waals surface area contributed by atoms with E-state index in [1.54, 1.807) is 19.3 Å². The van der Waals surface area contributed by atoms with Gasteiger partial charge in [-0.25, -0.2) is 0 Å². The Bertz CT molecular complexity index is 380. The Morgan fingerprint density at radius 1 is 1.27 bits per heavy atom. The van der Waals surface area contributed by atoms with E-state index in [4.69, 9.17) is 4.74 Å². The molecule has 2 heteroatoms. The summed E-state index contributed by atoms with van der Waals surface area (Å²) < 4.78 is 5.24. The van der Waals surface area contributed by atoms with Crippen molar-refractivity contribution >= 4 is 5.78 Å². The number of hydrogen-bond donors (Lipinski definition) is 0. The number of hydrogen-bond acceptors (Lipinski definition) is 2. The highest BCUT2D eigenvalue weighted by molar-refractivity contribution is 6.04. The molecule has 0 spiro atoms. The van der Waals surface area contributed by atoms with Gasteiger partial charge in [-0.3, -0.25) is 4.79 Å². The third kappa shape index (κ3) is 2.46. The average Bonchev–Trinajstić information content (AvgIpc) is 2.17. The number of benzene rings is 1. The lowest BCUT2D eigenvalue weighted by molar-refractivity contribution is 0.104. The van der Waals surface area contributed by atoms with E-state index in [9.17, 15) is 4.79 Å². The molecule has 0 radical (unpaired) electrons. The summed E-state index contributed by atoms with van der Waals surface area (Å²) >= 11 is 0. The van der Waals surface area contributed by atoms with E-state index in [0.29, 0.717) is 5.56 Å². The molecule has 0 aromatic heterocycles. The van der Waals surface area contributed by atoms with Gasteiger partial charge >= 0.3 is 0 Å². The molecule has 15 heavy (non-hydrogen) atoms. The largest absolute Gasteiger partial charge is 0.496 e. The summed E-state index contributed by atoms with van der Waals surface area (Å²) in [4.78, 5) is 11.6. The molecule has 0 N–H and O–H groups in total. The van der Waals surface area contributed by atoms with Gasteiger partial charge < -0.3 is 4.74 Å². The van der Waals surface area contributed by atoms with Crippen LogP contribution < -0.4 is 4.74 Å². The average molecular weight is 204 g/mol. The van der Waals surface area contributed by atoms with E-state index in [1.165, 1.54) is 0 Å². The SMILES string of the molecule is C/C=C/C(=O)c1cc(C)c(OC)c(C)c1. The minimum atomic E-state index is 0.0337. The van der Waals surface area contributed by atoms with Crippen LogP contribution >= 0.6 is 0 Å². The lowest BCUT2D eigenvalue weighted by atomic mass is 10.0. The van der Waals surface area contributed by atoms with Gasteiger partial charge in [0.1, 0.15) is 5.75 Å². The molecule has 0 aliphatic heterocycles. The quantitative estimate of drug-likeness (QED) is 0.558. The number of allylic oxidation sites excluding steroid dienone is 2. The molecular weight excluding hydrogens is 188 g/mol. The molecule has 0 amide bonds. The maximum absolute atomic E-state index is 11.6. The van der Waals surface area contributed by atoms with Gasteiger partial charge in [-0.1, -0.05) is 6.08 Å².